The Bertz CT molecular complexity index is 526. The number of halogens is 1. The van der Waals surface area contributed by atoms with Gasteiger partial charge < -0.3 is 0 Å². The van der Waals surface area contributed by atoms with Gasteiger partial charge in [0.05, 0.1) is 5.69 Å². The van der Waals surface area contributed by atoms with E-state index in [1.165, 1.54) is 12.2 Å². The van der Waals surface area contributed by atoms with Gasteiger partial charge in [-0.25, -0.2) is 4.90 Å². The molecule has 1 aromatic carbocycles. The van der Waals surface area contributed by atoms with Gasteiger partial charge in [-0.15, -0.1) is 0 Å². The molecule has 0 fully saturated rings. The predicted octanol–water partition coefficient (Wildman–Crippen LogP) is 2.38. The van der Waals surface area contributed by atoms with E-state index >= 15 is 0 Å². The summed E-state index contributed by atoms with van der Waals surface area (Å²) < 4.78 is 0. The van der Waals surface area contributed by atoms with Crippen LogP contribution >= 0.6 is 11.6 Å². The topological polar surface area (TPSA) is 61.2 Å². The second kappa shape index (κ2) is 6.38. The first-order valence-corrected chi connectivity index (χ1v) is 5.29. The fourth-order valence-electron chi connectivity index (χ4n) is 1.23. The lowest BCUT2D eigenvalue weighted by Crippen LogP contribution is -2.29. The third-order valence-electron chi connectivity index (χ3n) is 1.94. The fourth-order valence-corrected chi connectivity index (χ4v) is 1.23. The van der Waals surface area contributed by atoms with Crippen molar-refractivity contribution < 1.29 is 9.59 Å². The van der Waals surface area contributed by atoms with Crippen LogP contribution in [-0.2, 0) is 9.59 Å². The van der Waals surface area contributed by atoms with Crippen molar-refractivity contribution >= 4 is 29.1 Å². The zero-order valence-corrected chi connectivity index (χ0v) is 10.1. The summed E-state index contributed by atoms with van der Waals surface area (Å²) in [5.74, 6) is -0.563. The van der Waals surface area contributed by atoms with Crippen LogP contribution in [0.5, 0.6) is 0 Å². The van der Waals surface area contributed by atoms with Crippen molar-refractivity contribution in [2.75, 3.05) is 4.90 Å². The van der Waals surface area contributed by atoms with E-state index < -0.39 is 0 Å². The lowest BCUT2D eigenvalue weighted by atomic mass is 10.3. The largest absolute Gasteiger partial charge is 0.269 e. The molecule has 1 aliphatic heterocycles. The van der Waals surface area contributed by atoms with E-state index in [1.54, 1.807) is 30.3 Å². The summed E-state index contributed by atoms with van der Waals surface area (Å²) >= 11 is 4.91. The van der Waals surface area contributed by atoms with Gasteiger partial charge >= 0.3 is 0 Å². The molecule has 2 amide bonds. The predicted molar refractivity (Wildman–Crippen MR) is 68.7 cm³/mol. The van der Waals surface area contributed by atoms with Gasteiger partial charge in [-0.3, -0.25) is 9.59 Å². The quantitative estimate of drug-likeness (QED) is 0.575. The van der Waals surface area contributed by atoms with Crippen LogP contribution in [0.15, 0.2) is 54.1 Å². The molecule has 1 heterocycles. The molecule has 0 unspecified atom stereocenters. The van der Waals surface area contributed by atoms with E-state index in [-0.39, 0.29) is 16.8 Å². The number of imide groups is 1. The van der Waals surface area contributed by atoms with Crippen LogP contribution in [0, 0.1) is 11.3 Å². The highest BCUT2D eigenvalue weighted by atomic mass is 35.5. The van der Waals surface area contributed by atoms with Gasteiger partial charge in [0.2, 0.25) is 0 Å². The summed E-state index contributed by atoms with van der Waals surface area (Å²) in [4.78, 5) is 23.5. The summed E-state index contributed by atoms with van der Waals surface area (Å²) in [5.41, 5.74) is 0.613. The molecule has 1 aromatic rings. The number of anilines is 1. The summed E-state index contributed by atoms with van der Waals surface area (Å²) in [6, 6.07) is 10.5. The van der Waals surface area contributed by atoms with Crippen LogP contribution in [0.2, 0.25) is 0 Å². The molecule has 0 radical (unpaired) electrons. The molecule has 2 rings (SSSR count). The number of hydrogen-bond acceptors (Lipinski definition) is 3. The molecule has 0 bridgehead atoms. The lowest BCUT2D eigenvalue weighted by Gasteiger charge is -2.12. The molecule has 18 heavy (non-hydrogen) atoms. The first kappa shape index (κ1) is 13.7. The normalized spacial score (nSPS) is 12.8. The van der Waals surface area contributed by atoms with Gasteiger partial charge in [-0.2, -0.15) is 5.26 Å². The first-order valence-electron chi connectivity index (χ1n) is 4.92. The van der Waals surface area contributed by atoms with E-state index in [0.717, 1.165) is 4.90 Å². The highest BCUT2D eigenvalue weighted by Gasteiger charge is 2.24. The van der Waals surface area contributed by atoms with Crippen molar-refractivity contribution in [1.29, 1.82) is 5.26 Å². The number of hydrogen-bond donors (Lipinski definition) is 0. The van der Waals surface area contributed by atoms with E-state index in [0.29, 0.717) is 5.69 Å². The SMILES string of the molecule is C=C(Cl)C#N.O=C1C=CC(=O)N1c1ccccc1. The molecular formula is C13H9ClN2O2. The highest BCUT2D eigenvalue weighted by molar-refractivity contribution is 6.31. The smallest absolute Gasteiger partial charge is 0.258 e. The Balaban J connectivity index is 0.000000280. The Kier molecular flexibility index (Phi) is 4.85. The van der Waals surface area contributed by atoms with Crippen LogP contribution in [0.4, 0.5) is 5.69 Å². The van der Waals surface area contributed by atoms with Crippen molar-refractivity contribution in [3.05, 3.63) is 54.1 Å². The van der Waals surface area contributed by atoms with Gasteiger partial charge in [-0.1, -0.05) is 36.4 Å². The number of allylic oxidation sites excluding steroid dienone is 1. The lowest BCUT2D eigenvalue weighted by molar-refractivity contribution is -0.119. The van der Waals surface area contributed by atoms with Crippen molar-refractivity contribution in [2.24, 2.45) is 0 Å². The minimum atomic E-state index is -0.281. The van der Waals surface area contributed by atoms with Crippen molar-refractivity contribution in [3.63, 3.8) is 0 Å². The number of carbonyl (C=O) groups is 2. The zero-order chi connectivity index (χ0) is 13.5. The number of benzene rings is 1. The fraction of sp³-hybridized carbons (Fsp3) is 0. The monoisotopic (exact) mass is 260 g/mol. The molecular weight excluding hydrogens is 252 g/mol. The molecule has 4 nitrogen and oxygen atoms in total. The van der Waals surface area contributed by atoms with E-state index in [4.69, 9.17) is 16.9 Å². The third-order valence-corrected chi connectivity index (χ3v) is 2.03. The standard InChI is InChI=1S/C10H7NO2.C3H2ClN/c12-9-6-7-10(13)11(9)8-4-2-1-3-5-8;1-3(4)2-5/h1-7H;1H2. The molecule has 0 saturated heterocycles. The van der Waals surface area contributed by atoms with Crippen LogP contribution in [-0.4, -0.2) is 11.8 Å². The van der Waals surface area contributed by atoms with Crippen LogP contribution in [0.1, 0.15) is 0 Å². The second-order valence-corrected chi connectivity index (χ2v) is 3.65. The average Bonchev–Trinajstić information content (AvgIpc) is 2.71. The molecule has 0 atom stereocenters. The maximum Gasteiger partial charge on any atom is 0.258 e. The van der Waals surface area contributed by atoms with Crippen LogP contribution in [0.3, 0.4) is 0 Å². The number of amides is 2. The molecule has 1 aliphatic rings. The van der Waals surface area contributed by atoms with Crippen molar-refractivity contribution in [2.45, 2.75) is 0 Å². The van der Waals surface area contributed by atoms with Gasteiger partial charge in [0.25, 0.3) is 11.8 Å². The number of para-hydroxylation sites is 1. The number of carbonyl (C=O) groups excluding carboxylic acids is 2. The summed E-state index contributed by atoms with van der Waals surface area (Å²) in [5, 5.41) is 7.69. The number of nitrogens with zero attached hydrogens (tertiary/aromatic N) is 2. The first-order chi connectivity index (χ1) is 8.56. The van der Waals surface area contributed by atoms with Gasteiger partial charge in [0, 0.05) is 12.2 Å². The maximum atomic E-state index is 11.2. The second-order valence-electron chi connectivity index (χ2n) is 3.20. The molecule has 0 aromatic heterocycles. The number of nitriles is 1. The minimum absolute atomic E-state index is 0.0324. The molecule has 90 valence electrons. The van der Waals surface area contributed by atoms with Crippen molar-refractivity contribution in [1.82, 2.24) is 0 Å². The Morgan fingerprint density at radius 1 is 1.17 bits per heavy atom. The van der Waals surface area contributed by atoms with Crippen LogP contribution < -0.4 is 4.90 Å². The molecule has 0 spiro atoms. The molecule has 0 aliphatic carbocycles. The van der Waals surface area contributed by atoms with Crippen molar-refractivity contribution in [3.8, 4) is 6.07 Å². The number of rotatable bonds is 1. The Morgan fingerprint density at radius 2 is 1.61 bits per heavy atom. The van der Waals surface area contributed by atoms with E-state index in [2.05, 4.69) is 6.58 Å². The van der Waals surface area contributed by atoms with E-state index in [1.807, 2.05) is 6.07 Å². The highest BCUT2D eigenvalue weighted by Crippen LogP contribution is 2.17. The van der Waals surface area contributed by atoms with Crippen LogP contribution in [0.25, 0.3) is 0 Å². The zero-order valence-electron chi connectivity index (χ0n) is 9.34. The molecule has 5 heteroatoms. The summed E-state index contributed by atoms with van der Waals surface area (Å²) in [7, 11) is 0. The summed E-state index contributed by atoms with van der Waals surface area (Å²) in [6.45, 7) is 3.08. The summed E-state index contributed by atoms with van der Waals surface area (Å²) in [6.07, 6.45) is 2.55. The van der Waals surface area contributed by atoms with Gasteiger partial charge in [0.1, 0.15) is 11.1 Å². The van der Waals surface area contributed by atoms with Gasteiger partial charge in [-0.05, 0) is 12.1 Å². The Labute approximate surface area is 109 Å². The average molecular weight is 261 g/mol. The Morgan fingerprint density at radius 3 is 2.00 bits per heavy atom. The maximum absolute atomic E-state index is 11.2. The van der Waals surface area contributed by atoms with E-state index in [9.17, 15) is 9.59 Å². The third kappa shape index (κ3) is 3.58. The minimum Gasteiger partial charge on any atom is -0.269 e. The Hall–Kier alpha value is -2.38. The molecule has 0 saturated carbocycles. The molecule has 0 N–H and O–H groups in total. The van der Waals surface area contributed by atoms with Gasteiger partial charge in [0.15, 0.2) is 0 Å².